The maximum atomic E-state index is 13.8. The van der Waals surface area contributed by atoms with Crippen molar-refractivity contribution in [2.24, 2.45) is 11.8 Å². The fourth-order valence-electron chi connectivity index (χ4n) is 9.63. The van der Waals surface area contributed by atoms with Gasteiger partial charge in [-0.05, 0) is 78.2 Å². The third-order valence-electron chi connectivity index (χ3n) is 12.9. The number of alkyl carbamates (subject to hydrolysis) is 2. The number of ether oxygens (including phenoxy) is 3. The highest BCUT2D eigenvalue weighted by atomic mass is 16.5. The van der Waals surface area contributed by atoms with Crippen LogP contribution in [-0.4, -0.2) is 99.7 Å². The minimum Gasteiger partial charge on any atom is -0.453 e. The number of methoxy groups -OCH3 is 2. The fourth-order valence-corrected chi connectivity index (χ4v) is 9.63. The van der Waals surface area contributed by atoms with Crippen molar-refractivity contribution in [2.75, 3.05) is 33.9 Å². The monoisotopic (exact) mass is 820 g/mol. The molecule has 1 unspecified atom stereocenters. The maximum absolute atomic E-state index is 13.8. The molecule has 0 radical (unpaired) electrons. The van der Waals surface area contributed by atoms with Crippen molar-refractivity contribution < 1.29 is 33.4 Å². The fraction of sp³-hybridized carbons (Fsp3) is 0.511. The lowest BCUT2D eigenvalue weighted by Gasteiger charge is -2.40. The van der Waals surface area contributed by atoms with Crippen molar-refractivity contribution in [3.05, 3.63) is 71.6 Å². The summed E-state index contributed by atoms with van der Waals surface area (Å²) in [4.78, 5) is 71.8. The summed E-state index contributed by atoms with van der Waals surface area (Å²) in [5, 5.41) is 5.44. The Kier molecular flexibility index (Phi) is 11.5. The third-order valence-corrected chi connectivity index (χ3v) is 12.9. The highest BCUT2D eigenvalue weighted by Crippen LogP contribution is 2.54. The van der Waals surface area contributed by atoms with E-state index in [-0.39, 0.29) is 41.3 Å². The molecular weight excluding hydrogens is 765 g/mol. The number of carbonyl (C=O) groups is 4. The van der Waals surface area contributed by atoms with Crippen molar-refractivity contribution in [1.29, 1.82) is 0 Å². The van der Waals surface area contributed by atoms with Gasteiger partial charge in [0.1, 0.15) is 23.7 Å². The topological polar surface area (TPSA) is 184 Å². The van der Waals surface area contributed by atoms with Crippen LogP contribution in [0.3, 0.4) is 0 Å². The van der Waals surface area contributed by atoms with Gasteiger partial charge in [-0.25, -0.2) is 19.6 Å². The van der Waals surface area contributed by atoms with Gasteiger partial charge in [0.05, 0.1) is 62.3 Å². The summed E-state index contributed by atoms with van der Waals surface area (Å²) in [5.41, 5.74) is 8.24. The molecule has 4 aliphatic rings. The van der Waals surface area contributed by atoms with Crippen molar-refractivity contribution in [2.45, 2.75) is 102 Å². The lowest BCUT2D eigenvalue weighted by Crippen LogP contribution is -2.51. The van der Waals surface area contributed by atoms with E-state index in [2.05, 4.69) is 57.0 Å². The highest BCUT2D eigenvalue weighted by Gasteiger charge is 2.48. The number of imidazole rings is 2. The van der Waals surface area contributed by atoms with Crippen LogP contribution in [0.4, 0.5) is 9.59 Å². The first-order chi connectivity index (χ1) is 28.9. The maximum Gasteiger partial charge on any atom is 0.407 e. The molecule has 15 nitrogen and oxygen atoms in total. The molecular formula is C45H56N8O7. The van der Waals surface area contributed by atoms with Gasteiger partial charge in [-0.15, -0.1) is 0 Å². The van der Waals surface area contributed by atoms with E-state index >= 15 is 0 Å². The summed E-state index contributed by atoms with van der Waals surface area (Å²) in [6, 6.07) is 11.0. The van der Waals surface area contributed by atoms with Crippen LogP contribution in [-0.2, 0) is 35.8 Å². The predicted molar refractivity (Wildman–Crippen MR) is 223 cm³/mol. The zero-order chi connectivity index (χ0) is 42.3. The molecule has 4 amide bonds. The lowest BCUT2D eigenvalue weighted by atomic mass is 9.82. The van der Waals surface area contributed by atoms with Crippen molar-refractivity contribution in [3.8, 4) is 33.6 Å². The first kappa shape index (κ1) is 41.1. The van der Waals surface area contributed by atoms with Crippen molar-refractivity contribution in [3.63, 3.8) is 0 Å². The van der Waals surface area contributed by atoms with E-state index in [4.69, 9.17) is 24.2 Å². The lowest BCUT2D eigenvalue weighted by molar-refractivity contribution is -0.151. The number of nitrogens with one attached hydrogen (secondary N) is 4. The third kappa shape index (κ3) is 7.52. The second-order valence-corrected chi connectivity index (χ2v) is 17.1. The van der Waals surface area contributed by atoms with Crippen LogP contribution >= 0.6 is 0 Å². The molecule has 4 aromatic rings. The predicted octanol–water partition coefficient (Wildman–Crippen LogP) is 6.78. The Morgan fingerprint density at radius 3 is 1.73 bits per heavy atom. The van der Waals surface area contributed by atoms with Crippen LogP contribution < -0.4 is 10.6 Å². The largest absolute Gasteiger partial charge is 0.453 e. The number of amides is 4. The molecule has 4 N–H and O–H groups in total. The molecule has 8 rings (SSSR count). The van der Waals surface area contributed by atoms with Gasteiger partial charge in [0.2, 0.25) is 11.8 Å². The SMILES string of the molecule is COC(=O)N[C@H](C(=O)N1CCC[C@@H]1c1ncc(-c2ccc(-c3ccc(-c4cnc([C@H]5CCCN5C(=O)[C@@H](NC(=O)OC)C(C)C)[nH]4)c4c3C3(CCO3)CC4)cc2)[nH]1)C(C)C. The number of aromatic nitrogens is 4. The molecule has 15 heteroatoms. The Morgan fingerprint density at radius 2 is 1.23 bits per heavy atom. The van der Waals surface area contributed by atoms with Gasteiger partial charge in [-0.3, -0.25) is 9.59 Å². The van der Waals surface area contributed by atoms with Gasteiger partial charge in [-0.2, -0.15) is 0 Å². The quantitative estimate of drug-likeness (QED) is 0.127. The van der Waals surface area contributed by atoms with E-state index in [1.165, 1.54) is 25.3 Å². The van der Waals surface area contributed by atoms with Gasteiger partial charge in [-0.1, -0.05) is 64.1 Å². The van der Waals surface area contributed by atoms with Gasteiger partial charge < -0.3 is 44.6 Å². The molecule has 3 aliphatic heterocycles. The Hall–Kier alpha value is -5.70. The average Bonchev–Trinajstić information content (AvgIpc) is 4.09. The van der Waals surface area contributed by atoms with Gasteiger partial charge in [0, 0.05) is 25.1 Å². The van der Waals surface area contributed by atoms with Crippen LogP contribution in [0, 0.1) is 11.8 Å². The molecule has 3 saturated heterocycles. The summed E-state index contributed by atoms with van der Waals surface area (Å²) in [6.45, 7) is 9.55. The number of aromatic amines is 2. The van der Waals surface area contributed by atoms with Crippen LogP contribution in [0.1, 0.15) is 101 Å². The average molecular weight is 821 g/mol. The summed E-state index contributed by atoms with van der Waals surface area (Å²) < 4.78 is 16.0. The standard InChI is InChI=1S/C45H56N8O7/c1-25(2)37(50-43(56)58-5)41(54)52-20-7-9-34(52)39-46-23-32(48-39)28-13-11-27(12-14-28)29-15-16-30(31-17-18-45(36(29)31)19-22-60-45)33-24-47-40(49-33)35-10-8-21-53(35)42(55)38(26(3)4)51-44(57)59-6/h11-16,23-26,34-35,37-38H,7-10,17-22H2,1-6H3,(H,46,48)(H,47,49)(H,50,56)(H,51,57)/t34-,35-,37+,38+,45?/m1/s1. The minimum absolute atomic E-state index is 0.112. The molecule has 2 aromatic heterocycles. The molecule has 1 aliphatic carbocycles. The highest BCUT2D eigenvalue weighted by molar-refractivity contribution is 5.87. The minimum atomic E-state index is -0.699. The number of H-pyrrole nitrogens is 2. The number of hydrogen-bond acceptors (Lipinski definition) is 9. The van der Waals surface area contributed by atoms with Gasteiger partial charge >= 0.3 is 12.2 Å². The number of likely N-dealkylation sites (tertiary alicyclic amines) is 2. The van der Waals surface area contributed by atoms with E-state index < -0.39 is 24.3 Å². The molecule has 0 bridgehead atoms. The molecule has 318 valence electrons. The van der Waals surface area contributed by atoms with Gasteiger partial charge in [0.15, 0.2) is 0 Å². The smallest absolute Gasteiger partial charge is 0.407 e. The second-order valence-electron chi connectivity index (χ2n) is 17.1. The summed E-state index contributed by atoms with van der Waals surface area (Å²) >= 11 is 0. The molecule has 60 heavy (non-hydrogen) atoms. The van der Waals surface area contributed by atoms with Crippen LogP contribution in [0.15, 0.2) is 48.8 Å². The molecule has 1 spiro atoms. The molecule has 5 atom stereocenters. The molecule has 3 fully saturated rings. The number of benzene rings is 2. The summed E-state index contributed by atoms with van der Waals surface area (Å²) in [7, 11) is 2.59. The Labute approximate surface area is 350 Å². The first-order valence-corrected chi connectivity index (χ1v) is 21.2. The van der Waals surface area contributed by atoms with Crippen LogP contribution in [0.5, 0.6) is 0 Å². The summed E-state index contributed by atoms with van der Waals surface area (Å²) in [6.07, 6.45) is 8.45. The number of carbonyl (C=O) groups excluding carboxylic acids is 4. The number of hydrogen-bond donors (Lipinski definition) is 4. The van der Waals surface area contributed by atoms with E-state index in [0.29, 0.717) is 13.1 Å². The van der Waals surface area contributed by atoms with E-state index in [9.17, 15) is 19.2 Å². The zero-order valence-electron chi connectivity index (χ0n) is 35.3. The van der Waals surface area contributed by atoms with Crippen LogP contribution in [0.25, 0.3) is 33.6 Å². The van der Waals surface area contributed by atoms with E-state index in [1.807, 2.05) is 49.9 Å². The second kappa shape index (κ2) is 16.7. The number of fused-ring (bicyclic) bond motifs is 2. The number of rotatable bonds is 11. The van der Waals surface area contributed by atoms with Gasteiger partial charge in [0.25, 0.3) is 0 Å². The zero-order valence-corrected chi connectivity index (χ0v) is 35.3. The molecule has 5 heterocycles. The van der Waals surface area contributed by atoms with Crippen molar-refractivity contribution in [1.82, 2.24) is 40.4 Å². The van der Waals surface area contributed by atoms with E-state index in [1.54, 1.807) is 0 Å². The van der Waals surface area contributed by atoms with Crippen molar-refractivity contribution >= 4 is 24.0 Å². The Balaban J connectivity index is 1.03. The Bertz CT molecular complexity index is 2240. The first-order valence-electron chi connectivity index (χ1n) is 21.2. The summed E-state index contributed by atoms with van der Waals surface area (Å²) in [5.74, 6) is 0.960. The molecule has 0 saturated carbocycles. The normalized spacial score (nSPS) is 21.9. The Morgan fingerprint density at radius 1 is 0.733 bits per heavy atom. The van der Waals surface area contributed by atoms with E-state index in [0.717, 1.165) is 96.8 Å². The molecule has 2 aromatic carbocycles. The van der Waals surface area contributed by atoms with Crippen LogP contribution in [0.2, 0.25) is 0 Å². The number of nitrogens with zero attached hydrogens (tertiary/aromatic N) is 4.